The highest BCUT2D eigenvalue weighted by molar-refractivity contribution is 6.29. The van der Waals surface area contributed by atoms with E-state index in [2.05, 4.69) is 23.9 Å². The third-order valence-corrected chi connectivity index (χ3v) is 3.43. The fourth-order valence-corrected chi connectivity index (χ4v) is 2.11. The van der Waals surface area contributed by atoms with Crippen molar-refractivity contribution in [3.63, 3.8) is 0 Å². The molecule has 1 aromatic heterocycles. The van der Waals surface area contributed by atoms with Crippen LogP contribution >= 0.6 is 11.6 Å². The summed E-state index contributed by atoms with van der Waals surface area (Å²) in [6, 6.07) is 4.65. The summed E-state index contributed by atoms with van der Waals surface area (Å²) < 4.78 is 0. The summed E-state index contributed by atoms with van der Waals surface area (Å²) in [5.41, 5.74) is 1.24. The van der Waals surface area contributed by atoms with Gasteiger partial charge in [-0.05, 0) is 50.4 Å². The van der Waals surface area contributed by atoms with Gasteiger partial charge in [-0.25, -0.2) is 4.98 Å². The molecule has 0 amide bonds. The molecule has 0 bridgehead atoms. The summed E-state index contributed by atoms with van der Waals surface area (Å²) in [6.07, 6.45) is 4.55. The van der Waals surface area contributed by atoms with E-state index < -0.39 is 0 Å². The normalized spacial score (nSPS) is 18.1. The average molecular weight is 225 g/mol. The Hall–Kier alpha value is -0.600. The van der Waals surface area contributed by atoms with Crippen molar-refractivity contribution in [2.45, 2.75) is 32.4 Å². The van der Waals surface area contributed by atoms with Crippen LogP contribution < -0.4 is 0 Å². The standard InChI is InChI=1S/C12H17ClN2/c1-9(11-3-4-11)15(2)8-10-5-6-14-12(13)7-10/h5-7,9,11H,3-4,8H2,1-2H3. The number of hydrogen-bond donors (Lipinski definition) is 0. The van der Waals surface area contributed by atoms with Crippen LogP contribution in [0.25, 0.3) is 0 Å². The molecule has 2 rings (SSSR count). The van der Waals surface area contributed by atoms with E-state index in [-0.39, 0.29) is 0 Å². The van der Waals surface area contributed by atoms with Crippen molar-refractivity contribution in [1.29, 1.82) is 0 Å². The molecule has 1 fully saturated rings. The number of pyridine rings is 1. The van der Waals surface area contributed by atoms with Crippen molar-refractivity contribution >= 4 is 11.6 Å². The molecule has 0 aliphatic heterocycles. The first kappa shape index (κ1) is 10.9. The van der Waals surface area contributed by atoms with Crippen LogP contribution in [0.4, 0.5) is 0 Å². The molecule has 0 aromatic carbocycles. The van der Waals surface area contributed by atoms with Crippen LogP contribution in [-0.4, -0.2) is 23.0 Å². The van der Waals surface area contributed by atoms with Crippen molar-refractivity contribution in [2.75, 3.05) is 7.05 Å². The van der Waals surface area contributed by atoms with Crippen LogP contribution in [0.1, 0.15) is 25.3 Å². The average Bonchev–Trinajstić information content (AvgIpc) is 2.99. The molecule has 1 aliphatic rings. The van der Waals surface area contributed by atoms with E-state index in [1.807, 2.05) is 12.1 Å². The maximum atomic E-state index is 5.85. The molecule has 0 N–H and O–H groups in total. The van der Waals surface area contributed by atoms with E-state index in [0.29, 0.717) is 11.2 Å². The first-order valence-electron chi connectivity index (χ1n) is 5.47. The smallest absolute Gasteiger partial charge is 0.129 e. The highest BCUT2D eigenvalue weighted by Gasteiger charge is 2.30. The maximum Gasteiger partial charge on any atom is 0.129 e. The van der Waals surface area contributed by atoms with Crippen LogP contribution in [0.2, 0.25) is 5.15 Å². The van der Waals surface area contributed by atoms with E-state index >= 15 is 0 Å². The second-order valence-electron chi connectivity index (χ2n) is 4.48. The largest absolute Gasteiger partial charge is 0.299 e. The Morgan fingerprint density at radius 1 is 1.60 bits per heavy atom. The molecule has 1 aliphatic carbocycles. The monoisotopic (exact) mass is 224 g/mol. The first-order valence-corrected chi connectivity index (χ1v) is 5.85. The van der Waals surface area contributed by atoms with Gasteiger partial charge in [-0.3, -0.25) is 4.90 Å². The van der Waals surface area contributed by atoms with Gasteiger partial charge in [0, 0.05) is 18.8 Å². The Morgan fingerprint density at radius 3 is 2.93 bits per heavy atom. The molecule has 82 valence electrons. The summed E-state index contributed by atoms with van der Waals surface area (Å²) in [4.78, 5) is 6.38. The van der Waals surface area contributed by atoms with Crippen molar-refractivity contribution < 1.29 is 0 Å². The summed E-state index contributed by atoms with van der Waals surface area (Å²) in [5, 5.41) is 0.583. The second-order valence-corrected chi connectivity index (χ2v) is 4.87. The van der Waals surface area contributed by atoms with Crippen molar-refractivity contribution in [1.82, 2.24) is 9.88 Å². The zero-order valence-corrected chi connectivity index (χ0v) is 10.0. The molecule has 1 unspecified atom stereocenters. The Bertz CT molecular complexity index is 336. The molecule has 1 saturated carbocycles. The van der Waals surface area contributed by atoms with Crippen LogP contribution in [0.5, 0.6) is 0 Å². The molecule has 2 nitrogen and oxygen atoms in total. The van der Waals surface area contributed by atoms with E-state index in [4.69, 9.17) is 11.6 Å². The molecule has 0 spiro atoms. The molecule has 1 atom stereocenters. The van der Waals surface area contributed by atoms with Crippen LogP contribution in [0.3, 0.4) is 0 Å². The van der Waals surface area contributed by atoms with Gasteiger partial charge < -0.3 is 0 Å². The van der Waals surface area contributed by atoms with Crippen LogP contribution in [-0.2, 0) is 6.54 Å². The third-order valence-electron chi connectivity index (χ3n) is 3.22. The lowest BCUT2D eigenvalue weighted by Crippen LogP contribution is -2.30. The fraction of sp³-hybridized carbons (Fsp3) is 0.583. The predicted molar refractivity (Wildman–Crippen MR) is 62.9 cm³/mol. The number of rotatable bonds is 4. The SMILES string of the molecule is CC(C1CC1)N(C)Cc1ccnc(Cl)c1. The molecule has 0 saturated heterocycles. The molecule has 1 heterocycles. The van der Waals surface area contributed by atoms with Gasteiger partial charge in [0.25, 0.3) is 0 Å². The fourth-order valence-electron chi connectivity index (χ4n) is 1.91. The van der Waals surface area contributed by atoms with E-state index in [9.17, 15) is 0 Å². The molecular formula is C12H17ClN2. The summed E-state index contributed by atoms with van der Waals surface area (Å²) >= 11 is 5.85. The van der Waals surface area contributed by atoms with Gasteiger partial charge in [0.1, 0.15) is 5.15 Å². The second kappa shape index (κ2) is 4.50. The Morgan fingerprint density at radius 2 is 2.33 bits per heavy atom. The zero-order valence-electron chi connectivity index (χ0n) is 9.28. The number of aromatic nitrogens is 1. The highest BCUT2D eigenvalue weighted by Crippen LogP contribution is 2.35. The predicted octanol–water partition coefficient (Wildman–Crippen LogP) is 2.97. The van der Waals surface area contributed by atoms with Gasteiger partial charge in [-0.15, -0.1) is 0 Å². The van der Waals surface area contributed by atoms with Gasteiger partial charge in [0.05, 0.1) is 0 Å². The molecule has 0 radical (unpaired) electrons. The van der Waals surface area contributed by atoms with Gasteiger partial charge >= 0.3 is 0 Å². The van der Waals surface area contributed by atoms with Gasteiger partial charge in [-0.2, -0.15) is 0 Å². The maximum absolute atomic E-state index is 5.85. The number of halogens is 1. The zero-order chi connectivity index (χ0) is 10.8. The summed E-state index contributed by atoms with van der Waals surface area (Å²) in [6.45, 7) is 3.26. The number of hydrogen-bond acceptors (Lipinski definition) is 2. The topological polar surface area (TPSA) is 16.1 Å². The minimum absolute atomic E-state index is 0.583. The van der Waals surface area contributed by atoms with Crippen molar-refractivity contribution in [3.05, 3.63) is 29.0 Å². The van der Waals surface area contributed by atoms with Crippen molar-refractivity contribution in [3.8, 4) is 0 Å². The van der Waals surface area contributed by atoms with Crippen LogP contribution in [0, 0.1) is 5.92 Å². The summed E-state index contributed by atoms with van der Waals surface area (Å²) in [5.74, 6) is 0.910. The van der Waals surface area contributed by atoms with E-state index in [1.54, 1.807) is 6.20 Å². The Labute approximate surface area is 96.3 Å². The van der Waals surface area contributed by atoms with E-state index in [0.717, 1.165) is 12.5 Å². The minimum Gasteiger partial charge on any atom is -0.299 e. The Kier molecular flexibility index (Phi) is 3.27. The van der Waals surface area contributed by atoms with Gasteiger partial charge in [0.15, 0.2) is 0 Å². The van der Waals surface area contributed by atoms with Crippen molar-refractivity contribution in [2.24, 2.45) is 5.92 Å². The summed E-state index contributed by atoms with van der Waals surface area (Å²) in [7, 11) is 2.18. The molecule has 1 aromatic rings. The molecule has 15 heavy (non-hydrogen) atoms. The Balaban J connectivity index is 1.95. The van der Waals surface area contributed by atoms with Gasteiger partial charge in [-0.1, -0.05) is 11.6 Å². The molecule has 3 heteroatoms. The lowest BCUT2D eigenvalue weighted by molar-refractivity contribution is 0.226. The lowest BCUT2D eigenvalue weighted by Gasteiger charge is -2.24. The van der Waals surface area contributed by atoms with E-state index in [1.165, 1.54) is 18.4 Å². The quantitative estimate of drug-likeness (QED) is 0.731. The van der Waals surface area contributed by atoms with Gasteiger partial charge in [0.2, 0.25) is 0 Å². The first-order chi connectivity index (χ1) is 7.16. The minimum atomic E-state index is 0.583. The number of nitrogens with zero attached hydrogens (tertiary/aromatic N) is 2. The van der Waals surface area contributed by atoms with Crippen LogP contribution in [0.15, 0.2) is 18.3 Å². The third kappa shape index (κ3) is 2.93. The molecular weight excluding hydrogens is 208 g/mol. The highest BCUT2D eigenvalue weighted by atomic mass is 35.5. The lowest BCUT2D eigenvalue weighted by atomic mass is 10.1.